The molecule has 12 aromatic carbocycles. The lowest BCUT2D eigenvalue weighted by Crippen LogP contribution is -2.28. The number of imidazole rings is 4. The Kier molecular flexibility index (Phi) is 28.3. The third kappa shape index (κ3) is 18.1. The van der Waals surface area contributed by atoms with E-state index >= 15 is 4.39 Å². The monoisotopic (exact) mass is 1810 g/mol. The Morgan fingerprint density at radius 3 is 0.891 bits per heavy atom. The predicted molar refractivity (Wildman–Crippen MR) is 562 cm³/mol. The maximum atomic E-state index is 17.3. The summed E-state index contributed by atoms with van der Waals surface area (Å²) in [6.45, 7) is 4.45. The van der Waals surface area contributed by atoms with Crippen molar-refractivity contribution in [2.45, 2.75) is 58.5 Å². The highest BCUT2D eigenvalue weighted by atomic mass is 19.1. The van der Waals surface area contributed by atoms with E-state index in [1.165, 1.54) is 16.7 Å². The van der Waals surface area contributed by atoms with Crippen LogP contribution in [0.2, 0.25) is 0 Å². The third-order valence-electron chi connectivity index (χ3n) is 26.2. The zero-order chi connectivity index (χ0) is 94.6. The summed E-state index contributed by atoms with van der Waals surface area (Å²) in [5.41, 5.74) is 21.6. The molecule has 20 rings (SSSR count). The van der Waals surface area contributed by atoms with Crippen molar-refractivity contribution in [2.24, 2.45) is 56.4 Å². The topological polar surface area (TPSA) is 159 Å². The van der Waals surface area contributed by atoms with Crippen LogP contribution in [0.25, 0.3) is 88.1 Å². The van der Waals surface area contributed by atoms with Crippen molar-refractivity contribution in [3.63, 3.8) is 0 Å². The van der Waals surface area contributed by atoms with E-state index in [2.05, 4.69) is 180 Å². The van der Waals surface area contributed by atoms with E-state index in [1.54, 1.807) is 98.0 Å². The van der Waals surface area contributed by atoms with Gasteiger partial charge in [-0.1, -0.05) is 240 Å². The zero-order valence-electron chi connectivity index (χ0n) is 76.4. The Labute approximate surface area is 804 Å². The van der Waals surface area contributed by atoms with Crippen LogP contribution in [-0.4, -0.2) is 56.5 Å². The minimum Gasteiger partial charge on any atom is -0.337 e. The molecule has 0 spiro atoms. The smallest absolute Gasteiger partial charge is 0.251 e. The minimum absolute atomic E-state index is 0. The molecule has 0 aliphatic carbocycles. The largest absolute Gasteiger partial charge is 0.337 e. The van der Waals surface area contributed by atoms with E-state index in [4.69, 9.17) is 25.7 Å². The van der Waals surface area contributed by atoms with Crippen molar-refractivity contribution in [2.75, 3.05) is 0 Å². The van der Waals surface area contributed by atoms with E-state index in [0.29, 0.717) is 33.5 Å². The standard InChI is InChI=1S/2C30H25N3O.C29H22FN3O.C29H23N3O.3CH4/c2*1-5-21-10-9-11-22(16-21)25-18-29(34)33(4)27-15-14-24(17-26(25)27)30(2,23-12-7-6-8-13-23)28-19-31-20-32(28)3;1-4-20-9-8-10-21(15-20)24-17-28(34)33(3)26-14-13-23(16-25(24)26)29(30,22-11-6-5-7-12-22)27-18-31-19-32(27)2;1-4-20-9-8-12-22(15-20)24-17-28(33)32(3)26-14-13-23(16-25(24)26)29(21-10-6-5-7-11-21)27-18-30-19-31(27)2;;;/h2*1,6-20H,2-4H3;1,5-19H,2-3H3;1,5-19,29H,2-3H3;3*1H4/t2*30-;2*29-;;;/m0010.../s1. The summed E-state index contributed by atoms with van der Waals surface area (Å²) in [5.74, 6) is 10.7. The van der Waals surface area contributed by atoms with E-state index < -0.39 is 16.5 Å². The van der Waals surface area contributed by atoms with E-state index in [-0.39, 0.29) is 50.4 Å². The van der Waals surface area contributed by atoms with Crippen LogP contribution < -0.4 is 22.2 Å². The first kappa shape index (κ1) is 96.5. The van der Waals surface area contributed by atoms with Gasteiger partial charge in [0, 0.05) is 154 Å². The Morgan fingerprint density at radius 1 is 0.283 bits per heavy atom. The number of hydrogen-bond donors (Lipinski definition) is 0. The van der Waals surface area contributed by atoms with Gasteiger partial charge in [0.05, 0.1) is 87.4 Å². The molecule has 0 saturated heterocycles. The van der Waals surface area contributed by atoms with Crippen molar-refractivity contribution >= 4 is 43.6 Å². The Bertz CT molecular complexity index is 7810. The second-order valence-corrected chi connectivity index (χ2v) is 34.1. The van der Waals surface area contributed by atoms with Crippen molar-refractivity contribution in [1.29, 1.82) is 0 Å². The van der Waals surface area contributed by atoms with Crippen LogP contribution in [0.4, 0.5) is 4.39 Å². The first-order valence-electron chi connectivity index (χ1n) is 44.0. The summed E-state index contributed by atoms with van der Waals surface area (Å²) in [5, 5.41) is 3.76. The second kappa shape index (κ2) is 40.5. The lowest BCUT2D eigenvalue weighted by atomic mass is 9.73. The number of terminal acetylenes is 4. The van der Waals surface area contributed by atoms with Gasteiger partial charge in [-0.05, 0) is 194 Å². The molecule has 17 heteroatoms. The summed E-state index contributed by atoms with van der Waals surface area (Å²) in [7, 11) is 15.0. The van der Waals surface area contributed by atoms with Gasteiger partial charge < -0.3 is 36.5 Å². The molecule has 0 aliphatic heterocycles. The lowest BCUT2D eigenvalue weighted by molar-refractivity contribution is 0.267. The number of rotatable bonds is 16. The molecular weight excluding hydrogens is 1700 g/mol. The minimum atomic E-state index is -1.95. The zero-order valence-corrected chi connectivity index (χ0v) is 76.4. The van der Waals surface area contributed by atoms with Gasteiger partial charge in [0.2, 0.25) is 5.67 Å². The number of aryl methyl sites for hydroxylation is 8. The first-order valence-corrected chi connectivity index (χ1v) is 44.0. The van der Waals surface area contributed by atoms with Crippen LogP contribution in [0, 0.1) is 49.4 Å². The average Bonchev–Trinajstić information content (AvgIpc) is 1.36. The van der Waals surface area contributed by atoms with Crippen LogP contribution in [0.1, 0.15) is 132 Å². The number of fused-ring (bicyclic) bond motifs is 4. The molecule has 0 fully saturated rings. The quantitative estimate of drug-likeness (QED) is 0.0865. The molecular formula is C121H107FN12O4. The molecule has 0 saturated carbocycles. The van der Waals surface area contributed by atoms with E-state index in [9.17, 15) is 19.2 Å². The third-order valence-corrected chi connectivity index (χ3v) is 26.2. The highest BCUT2D eigenvalue weighted by Gasteiger charge is 2.41. The molecule has 16 nitrogen and oxygen atoms in total. The van der Waals surface area contributed by atoms with E-state index in [0.717, 1.165) is 128 Å². The summed E-state index contributed by atoms with van der Waals surface area (Å²) < 4.78 is 31.8. The number of alkyl halides is 1. The molecule has 8 heterocycles. The summed E-state index contributed by atoms with van der Waals surface area (Å²) >= 11 is 0. The van der Waals surface area contributed by atoms with Gasteiger partial charge in [-0.25, -0.2) is 24.3 Å². The summed E-state index contributed by atoms with van der Waals surface area (Å²) in [4.78, 5) is 68.5. The molecule has 0 bridgehead atoms. The van der Waals surface area contributed by atoms with Crippen molar-refractivity contribution in [3.05, 3.63) is 497 Å². The van der Waals surface area contributed by atoms with Crippen LogP contribution in [0.3, 0.4) is 0 Å². The highest BCUT2D eigenvalue weighted by Crippen LogP contribution is 2.46. The van der Waals surface area contributed by atoms with Gasteiger partial charge in [-0.3, -0.25) is 19.2 Å². The van der Waals surface area contributed by atoms with Crippen LogP contribution >= 0.6 is 0 Å². The van der Waals surface area contributed by atoms with Crippen molar-refractivity contribution in [1.82, 2.24) is 56.5 Å². The van der Waals surface area contributed by atoms with Gasteiger partial charge in [0.1, 0.15) is 0 Å². The van der Waals surface area contributed by atoms with Crippen LogP contribution in [-0.2, 0) is 72.9 Å². The lowest BCUT2D eigenvalue weighted by Gasteiger charge is -2.32. The summed E-state index contributed by atoms with van der Waals surface area (Å²) in [6, 6.07) is 102. The molecule has 4 atom stereocenters. The number of aromatic nitrogens is 12. The number of benzene rings is 12. The molecule has 8 aromatic heterocycles. The maximum Gasteiger partial charge on any atom is 0.251 e. The van der Waals surface area contributed by atoms with Crippen molar-refractivity contribution in [3.8, 4) is 93.9 Å². The predicted octanol–water partition coefficient (Wildman–Crippen LogP) is 22.7. The summed E-state index contributed by atoms with van der Waals surface area (Å²) in [6.07, 6.45) is 36.9. The highest BCUT2D eigenvalue weighted by molar-refractivity contribution is 5.99. The Balaban J connectivity index is 0.000000146. The average molecular weight is 1810 g/mol. The SMILES string of the molecule is C.C.C.C#Cc1cccc(-c2cc(=O)n(C)c3ccc([C@H](c4ccccc4)c4cncn4C)cc23)c1.C#Cc1cccc(-c2cc(=O)n(C)c3ccc([C@](C)(c4ccccc4)c4cncn4C)cc23)c1.C#Cc1cccc(-c2cc(=O)n(C)c3ccc([C@](C)(c4ccccc4)c4cncn4C)cc23)c1.C#Cc1cccc(-c2cc(=O)n(C)c3ccc([C@](F)(c4ccccc4)c4cncn4C)cc23)c1. The van der Waals surface area contributed by atoms with Gasteiger partial charge >= 0.3 is 0 Å². The number of pyridine rings is 4. The fraction of sp³-hybridized carbons (Fsp3) is 0.140. The molecule has 682 valence electrons. The fourth-order valence-electron chi connectivity index (χ4n) is 18.7. The second-order valence-electron chi connectivity index (χ2n) is 34.1. The normalized spacial score (nSPS) is 12.4. The van der Waals surface area contributed by atoms with Gasteiger partial charge in [-0.2, -0.15) is 0 Å². The van der Waals surface area contributed by atoms with Gasteiger partial charge in [-0.15, -0.1) is 25.7 Å². The van der Waals surface area contributed by atoms with Crippen LogP contribution in [0.5, 0.6) is 0 Å². The fourth-order valence-corrected chi connectivity index (χ4v) is 18.7. The molecule has 0 N–H and O–H groups in total. The maximum absolute atomic E-state index is 17.3. The molecule has 0 amide bonds. The number of hydrogen-bond acceptors (Lipinski definition) is 8. The van der Waals surface area contributed by atoms with Gasteiger partial charge in [0.15, 0.2) is 0 Å². The number of nitrogens with zero attached hydrogens (tertiary/aromatic N) is 12. The Morgan fingerprint density at radius 2 is 0.572 bits per heavy atom. The van der Waals surface area contributed by atoms with Gasteiger partial charge in [0.25, 0.3) is 22.2 Å². The molecule has 0 radical (unpaired) electrons. The molecule has 0 unspecified atom stereocenters. The Hall–Kier alpha value is -17.5. The number of halogens is 1. The van der Waals surface area contributed by atoms with Crippen LogP contribution in [0.15, 0.2) is 385 Å². The molecule has 138 heavy (non-hydrogen) atoms. The molecule has 0 aliphatic rings. The van der Waals surface area contributed by atoms with E-state index in [1.807, 2.05) is 238 Å². The molecule has 20 aromatic rings. The first-order chi connectivity index (χ1) is 65.3. The van der Waals surface area contributed by atoms with Crippen molar-refractivity contribution < 1.29 is 4.39 Å².